The molecule has 2 N–H and O–H groups in total. The van der Waals surface area contributed by atoms with Crippen LogP contribution >= 0.6 is 22.9 Å². The van der Waals surface area contributed by atoms with Crippen molar-refractivity contribution < 1.29 is 8.42 Å². The number of aromatic nitrogens is 4. The van der Waals surface area contributed by atoms with E-state index in [0.29, 0.717) is 17.9 Å². The van der Waals surface area contributed by atoms with Crippen LogP contribution in [0.4, 0.5) is 0 Å². The van der Waals surface area contributed by atoms with Gasteiger partial charge in [0.25, 0.3) is 10.0 Å². The molecule has 0 aliphatic heterocycles. The topological polar surface area (TPSA) is 101 Å². The van der Waals surface area contributed by atoms with Crippen LogP contribution < -0.4 is 4.72 Å². The van der Waals surface area contributed by atoms with E-state index in [1.807, 2.05) is 0 Å². The van der Waals surface area contributed by atoms with Gasteiger partial charge >= 0.3 is 0 Å². The number of thiazole rings is 1. The second kappa shape index (κ2) is 5.31. The van der Waals surface area contributed by atoms with Gasteiger partial charge in [-0.2, -0.15) is 5.10 Å². The van der Waals surface area contributed by atoms with E-state index < -0.39 is 10.0 Å². The van der Waals surface area contributed by atoms with E-state index in [1.165, 1.54) is 6.33 Å². The standard InChI is InChI=1S/C8H10ClN5O2S2/c1-5-7(17-8(9)13-5)18(15,16)12-3-2-6-10-4-11-14-6/h4,12H,2-3H2,1H3,(H,10,11,14). The Bertz CT molecular complexity index is 622. The first-order valence-corrected chi connectivity index (χ1v) is 7.63. The molecular formula is C8H10ClN5O2S2. The fourth-order valence-corrected chi connectivity index (χ4v) is 4.13. The molecule has 98 valence electrons. The number of aryl methyl sites for hydroxylation is 1. The Morgan fingerprint density at radius 2 is 2.33 bits per heavy atom. The first-order chi connectivity index (χ1) is 8.49. The summed E-state index contributed by atoms with van der Waals surface area (Å²) in [6.07, 6.45) is 1.81. The number of nitrogens with zero attached hydrogens (tertiary/aromatic N) is 3. The molecule has 7 nitrogen and oxygen atoms in total. The van der Waals surface area contributed by atoms with Crippen LogP contribution in [0.5, 0.6) is 0 Å². The average Bonchev–Trinajstić information content (AvgIpc) is 2.88. The first kappa shape index (κ1) is 13.4. The van der Waals surface area contributed by atoms with Crippen molar-refractivity contribution in [3.8, 4) is 0 Å². The second-order valence-corrected chi connectivity index (χ2v) is 6.96. The zero-order chi connectivity index (χ0) is 13.2. The Hall–Kier alpha value is -1.03. The van der Waals surface area contributed by atoms with Gasteiger partial charge in [-0.25, -0.2) is 23.1 Å². The minimum absolute atomic E-state index is 0.144. The number of hydrogen-bond acceptors (Lipinski definition) is 6. The van der Waals surface area contributed by atoms with Crippen LogP contribution in [0, 0.1) is 6.92 Å². The fraction of sp³-hybridized carbons (Fsp3) is 0.375. The van der Waals surface area contributed by atoms with Crippen LogP contribution in [0.2, 0.25) is 4.47 Å². The Kier molecular flexibility index (Phi) is 3.95. The molecule has 18 heavy (non-hydrogen) atoms. The molecule has 0 radical (unpaired) electrons. The molecule has 0 fully saturated rings. The first-order valence-electron chi connectivity index (χ1n) is 4.96. The normalized spacial score (nSPS) is 11.9. The van der Waals surface area contributed by atoms with Gasteiger partial charge in [-0.05, 0) is 6.92 Å². The van der Waals surface area contributed by atoms with Crippen molar-refractivity contribution in [1.29, 1.82) is 0 Å². The van der Waals surface area contributed by atoms with Crippen LogP contribution in [0.25, 0.3) is 0 Å². The highest BCUT2D eigenvalue weighted by molar-refractivity contribution is 7.91. The van der Waals surface area contributed by atoms with Crippen LogP contribution in [0.1, 0.15) is 11.5 Å². The lowest BCUT2D eigenvalue weighted by Gasteiger charge is -2.03. The van der Waals surface area contributed by atoms with Crippen LogP contribution in [-0.4, -0.2) is 35.1 Å². The highest BCUT2D eigenvalue weighted by Gasteiger charge is 2.20. The number of hydrogen-bond donors (Lipinski definition) is 2. The number of sulfonamides is 1. The summed E-state index contributed by atoms with van der Waals surface area (Å²) in [5.74, 6) is 0.622. The Morgan fingerprint density at radius 1 is 1.56 bits per heavy atom. The fourth-order valence-electron chi connectivity index (χ4n) is 1.32. The molecule has 2 rings (SSSR count). The Balaban J connectivity index is 2.02. The van der Waals surface area contributed by atoms with Crippen molar-refractivity contribution in [2.45, 2.75) is 17.6 Å². The van der Waals surface area contributed by atoms with Crippen LogP contribution in [-0.2, 0) is 16.4 Å². The molecule has 0 bridgehead atoms. The third-order valence-electron chi connectivity index (χ3n) is 2.09. The van der Waals surface area contributed by atoms with E-state index in [2.05, 4.69) is 24.9 Å². The molecule has 0 aliphatic carbocycles. The molecule has 0 amide bonds. The number of aromatic amines is 1. The summed E-state index contributed by atoms with van der Waals surface area (Å²) in [4.78, 5) is 7.77. The van der Waals surface area contributed by atoms with Crippen molar-refractivity contribution in [2.24, 2.45) is 0 Å². The lowest BCUT2D eigenvalue weighted by Crippen LogP contribution is -2.26. The largest absolute Gasteiger partial charge is 0.263 e. The minimum Gasteiger partial charge on any atom is -0.263 e. The molecule has 2 aromatic heterocycles. The highest BCUT2D eigenvalue weighted by atomic mass is 35.5. The van der Waals surface area contributed by atoms with Crippen LogP contribution in [0.3, 0.4) is 0 Å². The van der Waals surface area contributed by atoms with E-state index >= 15 is 0 Å². The quantitative estimate of drug-likeness (QED) is 0.848. The monoisotopic (exact) mass is 307 g/mol. The zero-order valence-electron chi connectivity index (χ0n) is 9.34. The third kappa shape index (κ3) is 3.05. The van der Waals surface area contributed by atoms with E-state index in [-0.39, 0.29) is 15.2 Å². The Labute approximate surface area is 113 Å². The van der Waals surface area contributed by atoms with E-state index in [9.17, 15) is 8.42 Å². The number of halogens is 1. The van der Waals surface area contributed by atoms with Crippen molar-refractivity contribution in [1.82, 2.24) is 24.9 Å². The van der Waals surface area contributed by atoms with Gasteiger partial charge in [-0.15, -0.1) is 0 Å². The van der Waals surface area contributed by atoms with Crippen molar-refractivity contribution in [3.05, 3.63) is 22.3 Å². The molecule has 0 aliphatic rings. The maximum absolute atomic E-state index is 11.9. The van der Waals surface area contributed by atoms with Gasteiger partial charge in [-0.1, -0.05) is 22.9 Å². The number of rotatable bonds is 5. The van der Waals surface area contributed by atoms with Gasteiger partial charge in [0.05, 0.1) is 5.69 Å². The maximum atomic E-state index is 11.9. The predicted octanol–water partition coefficient (Wildman–Crippen LogP) is 0.744. The van der Waals surface area contributed by atoms with E-state index in [0.717, 1.165) is 11.3 Å². The van der Waals surface area contributed by atoms with Gasteiger partial charge in [0, 0.05) is 13.0 Å². The van der Waals surface area contributed by atoms with Crippen molar-refractivity contribution >= 4 is 33.0 Å². The SMILES string of the molecule is Cc1nc(Cl)sc1S(=O)(=O)NCCc1ncn[nH]1. The van der Waals surface area contributed by atoms with Gasteiger partial charge in [-0.3, -0.25) is 5.10 Å². The molecule has 0 saturated carbocycles. The molecule has 0 spiro atoms. The maximum Gasteiger partial charge on any atom is 0.251 e. The lowest BCUT2D eigenvalue weighted by molar-refractivity contribution is 0.582. The van der Waals surface area contributed by atoms with Gasteiger partial charge in [0.15, 0.2) is 8.68 Å². The van der Waals surface area contributed by atoms with Gasteiger partial charge in [0.2, 0.25) is 0 Å². The predicted molar refractivity (Wildman–Crippen MR) is 67.1 cm³/mol. The zero-order valence-corrected chi connectivity index (χ0v) is 11.7. The van der Waals surface area contributed by atoms with Crippen molar-refractivity contribution in [3.63, 3.8) is 0 Å². The lowest BCUT2D eigenvalue weighted by atomic mass is 10.4. The molecule has 0 atom stereocenters. The smallest absolute Gasteiger partial charge is 0.251 e. The molecule has 0 saturated heterocycles. The second-order valence-electron chi connectivity index (χ2n) is 3.42. The van der Waals surface area contributed by atoms with E-state index in [1.54, 1.807) is 6.92 Å². The third-order valence-corrected chi connectivity index (χ3v) is 5.42. The molecule has 0 aromatic carbocycles. The number of nitrogens with one attached hydrogen (secondary N) is 2. The van der Waals surface area contributed by atoms with Crippen LogP contribution in [0.15, 0.2) is 10.5 Å². The summed E-state index contributed by atoms with van der Waals surface area (Å²) >= 11 is 6.62. The van der Waals surface area contributed by atoms with Gasteiger partial charge in [0.1, 0.15) is 12.2 Å². The van der Waals surface area contributed by atoms with E-state index in [4.69, 9.17) is 11.6 Å². The molecule has 0 unspecified atom stereocenters. The highest BCUT2D eigenvalue weighted by Crippen LogP contribution is 2.26. The number of H-pyrrole nitrogens is 1. The minimum atomic E-state index is -3.56. The van der Waals surface area contributed by atoms with Gasteiger partial charge < -0.3 is 0 Å². The summed E-state index contributed by atoms with van der Waals surface area (Å²) in [6, 6.07) is 0. The molecule has 10 heteroatoms. The summed E-state index contributed by atoms with van der Waals surface area (Å²) in [6.45, 7) is 1.83. The summed E-state index contributed by atoms with van der Waals surface area (Å²) in [5, 5.41) is 6.33. The Morgan fingerprint density at radius 3 is 2.89 bits per heavy atom. The molecular weight excluding hydrogens is 298 g/mol. The summed E-state index contributed by atoms with van der Waals surface area (Å²) in [7, 11) is -3.56. The molecule has 2 aromatic rings. The summed E-state index contributed by atoms with van der Waals surface area (Å²) in [5.41, 5.74) is 0.400. The van der Waals surface area contributed by atoms with Crippen molar-refractivity contribution in [2.75, 3.05) is 6.54 Å². The average molecular weight is 308 g/mol. The molecule has 2 heterocycles. The summed E-state index contributed by atoms with van der Waals surface area (Å²) < 4.78 is 26.7.